The first-order chi connectivity index (χ1) is 9.49. The summed E-state index contributed by atoms with van der Waals surface area (Å²) in [7, 11) is 0. The highest BCUT2D eigenvalue weighted by atomic mass is 32.2. The lowest BCUT2D eigenvalue weighted by Crippen LogP contribution is -2.39. The van der Waals surface area contributed by atoms with E-state index in [0.717, 1.165) is 10.6 Å². The largest absolute Gasteiger partial charge is 0.381 e. The van der Waals surface area contributed by atoms with Crippen LogP contribution in [0.3, 0.4) is 0 Å². The fourth-order valence-corrected chi connectivity index (χ4v) is 3.56. The first-order valence-electron chi connectivity index (χ1n) is 7.26. The summed E-state index contributed by atoms with van der Waals surface area (Å²) in [5.74, 6) is 0.0510. The third-order valence-corrected chi connectivity index (χ3v) is 5.19. The molecule has 1 amide bonds. The molecule has 1 saturated carbocycles. The SMILES string of the molecule is CC1(C)CCCCC1Nc1ccccc1SCC(N)=O. The fourth-order valence-electron chi connectivity index (χ4n) is 2.81. The summed E-state index contributed by atoms with van der Waals surface area (Å²) in [4.78, 5) is 12.1. The maximum atomic E-state index is 11.0. The number of benzene rings is 1. The minimum absolute atomic E-state index is 0.275. The molecule has 0 saturated heterocycles. The zero-order valence-electron chi connectivity index (χ0n) is 12.3. The molecule has 0 spiro atoms. The molecule has 1 atom stereocenters. The monoisotopic (exact) mass is 292 g/mol. The smallest absolute Gasteiger partial charge is 0.227 e. The van der Waals surface area contributed by atoms with Gasteiger partial charge in [0.15, 0.2) is 0 Å². The molecule has 2 rings (SSSR count). The van der Waals surface area contributed by atoms with Crippen molar-refractivity contribution in [3.8, 4) is 0 Å². The highest BCUT2D eigenvalue weighted by Crippen LogP contribution is 2.38. The zero-order chi connectivity index (χ0) is 14.6. The molecule has 0 aromatic heterocycles. The van der Waals surface area contributed by atoms with E-state index >= 15 is 0 Å². The van der Waals surface area contributed by atoms with E-state index in [1.54, 1.807) is 0 Å². The third kappa shape index (κ3) is 3.92. The van der Waals surface area contributed by atoms with Gasteiger partial charge in [0, 0.05) is 16.6 Å². The van der Waals surface area contributed by atoms with Crippen LogP contribution in [-0.4, -0.2) is 17.7 Å². The van der Waals surface area contributed by atoms with E-state index in [-0.39, 0.29) is 5.91 Å². The van der Waals surface area contributed by atoms with Gasteiger partial charge in [0.1, 0.15) is 0 Å². The van der Waals surface area contributed by atoms with Crippen molar-refractivity contribution in [3.05, 3.63) is 24.3 Å². The minimum atomic E-state index is -0.275. The summed E-state index contributed by atoms with van der Waals surface area (Å²) in [5, 5.41) is 3.69. The van der Waals surface area contributed by atoms with Crippen molar-refractivity contribution in [2.45, 2.75) is 50.5 Å². The Morgan fingerprint density at radius 2 is 2.15 bits per heavy atom. The van der Waals surface area contributed by atoms with Crippen molar-refractivity contribution in [2.24, 2.45) is 11.1 Å². The standard InChI is InChI=1S/C16H24N2OS/c1-16(2)10-6-5-9-14(16)18-12-7-3-4-8-13(12)20-11-15(17)19/h3-4,7-8,14,18H,5-6,9-11H2,1-2H3,(H2,17,19). The van der Waals surface area contributed by atoms with Crippen molar-refractivity contribution in [1.29, 1.82) is 0 Å². The summed E-state index contributed by atoms with van der Waals surface area (Å²) < 4.78 is 0. The number of nitrogens with one attached hydrogen (secondary N) is 1. The highest BCUT2D eigenvalue weighted by molar-refractivity contribution is 8.00. The molecule has 20 heavy (non-hydrogen) atoms. The molecule has 1 aromatic rings. The normalized spacial score (nSPS) is 21.4. The van der Waals surface area contributed by atoms with Gasteiger partial charge in [-0.05, 0) is 30.4 Å². The van der Waals surface area contributed by atoms with Crippen LogP contribution in [0.2, 0.25) is 0 Å². The molecule has 1 fully saturated rings. The number of rotatable bonds is 5. The Morgan fingerprint density at radius 1 is 1.40 bits per heavy atom. The van der Waals surface area contributed by atoms with Crippen molar-refractivity contribution < 1.29 is 4.79 Å². The average molecular weight is 292 g/mol. The van der Waals surface area contributed by atoms with Gasteiger partial charge >= 0.3 is 0 Å². The zero-order valence-corrected chi connectivity index (χ0v) is 13.1. The predicted octanol–water partition coefficient (Wildman–Crippen LogP) is 3.64. The summed E-state index contributed by atoms with van der Waals surface area (Å²) in [6.07, 6.45) is 5.09. The number of para-hydroxylation sites is 1. The molecule has 1 aliphatic carbocycles. The second-order valence-corrected chi connectivity index (χ2v) is 7.20. The van der Waals surface area contributed by atoms with Crippen LogP contribution in [0, 0.1) is 5.41 Å². The third-order valence-electron chi connectivity index (χ3n) is 4.09. The van der Waals surface area contributed by atoms with Gasteiger partial charge in [-0.15, -0.1) is 11.8 Å². The number of anilines is 1. The Hall–Kier alpha value is -1.16. The van der Waals surface area contributed by atoms with Gasteiger partial charge in [-0.1, -0.05) is 38.8 Å². The van der Waals surface area contributed by atoms with E-state index in [2.05, 4.69) is 25.2 Å². The molecule has 1 aliphatic rings. The molecule has 0 heterocycles. The highest BCUT2D eigenvalue weighted by Gasteiger charge is 2.32. The topological polar surface area (TPSA) is 55.1 Å². The van der Waals surface area contributed by atoms with Crippen LogP contribution in [-0.2, 0) is 4.79 Å². The summed E-state index contributed by atoms with van der Waals surface area (Å²) in [5.41, 5.74) is 6.68. The second kappa shape index (κ2) is 6.53. The molecule has 1 aromatic carbocycles. The van der Waals surface area contributed by atoms with E-state index < -0.39 is 0 Å². The van der Waals surface area contributed by atoms with Gasteiger partial charge in [-0.2, -0.15) is 0 Å². The van der Waals surface area contributed by atoms with Crippen molar-refractivity contribution in [3.63, 3.8) is 0 Å². The van der Waals surface area contributed by atoms with Crippen LogP contribution in [0.25, 0.3) is 0 Å². The maximum Gasteiger partial charge on any atom is 0.227 e. The van der Waals surface area contributed by atoms with Crippen LogP contribution in [0.1, 0.15) is 39.5 Å². The van der Waals surface area contributed by atoms with Gasteiger partial charge < -0.3 is 11.1 Å². The van der Waals surface area contributed by atoms with Gasteiger partial charge in [0.05, 0.1) is 5.75 Å². The molecule has 4 heteroatoms. The first-order valence-corrected chi connectivity index (χ1v) is 8.24. The number of amides is 1. The van der Waals surface area contributed by atoms with E-state index in [4.69, 9.17) is 5.73 Å². The minimum Gasteiger partial charge on any atom is -0.381 e. The number of hydrogen-bond donors (Lipinski definition) is 2. The molecular formula is C16H24N2OS. The lowest BCUT2D eigenvalue weighted by molar-refractivity contribution is -0.115. The Labute approximate surface area is 125 Å². The van der Waals surface area contributed by atoms with Crippen molar-refractivity contribution >= 4 is 23.4 Å². The van der Waals surface area contributed by atoms with Crippen LogP contribution in [0.5, 0.6) is 0 Å². The van der Waals surface area contributed by atoms with E-state index in [1.165, 1.54) is 37.4 Å². The molecule has 3 nitrogen and oxygen atoms in total. The average Bonchev–Trinajstić information content (AvgIpc) is 2.40. The maximum absolute atomic E-state index is 11.0. The summed E-state index contributed by atoms with van der Waals surface area (Å²) >= 11 is 1.51. The lowest BCUT2D eigenvalue weighted by atomic mass is 9.73. The quantitative estimate of drug-likeness (QED) is 0.815. The molecular weight excluding hydrogens is 268 g/mol. The number of thioether (sulfide) groups is 1. The molecule has 110 valence electrons. The number of nitrogens with two attached hydrogens (primary N) is 1. The predicted molar refractivity (Wildman–Crippen MR) is 86.0 cm³/mol. The van der Waals surface area contributed by atoms with E-state index in [1.807, 2.05) is 18.2 Å². The van der Waals surface area contributed by atoms with Gasteiger partial charge in [0.2, 0.25) is 5.91 Å². The molecule has 0 bridgehead atoms. The van der Waals surface area contributed by atoms with Crippen LogP contribution in [0.4, 0.5) is 5.69 Å². The van der Waals surface area contributed by atoms with Crippen LogP contribution in [0.15, 0.2) is 29.2 Å². The second-order valence-electron chi connectivity index (χ2n) is 6.18. The van der Waals surface area contributed by atoms with Crippen LogP contribution < -0.4 is 11.1 Å². The number of hydrogen-bond acceptors (Lipinski definition) is 3. The van der Waals surface area contributed by atoms with Crippen molar-refractivity contribution in [2.75, 3.05) is 11.1 Å². The Morgan fingerprint density at radius 3 is 2.85 bits per heavy atom. The Balaban J connectivity index is 2.10. The van der Waals surface area contributed by atoms with E-state index in [0.29, 0.717) is 17.2 Å². The lowest BCUT2D eigenvalue weighted by Gasteiger charge is -2.40. The summed E-state index contributed by atoms with van der Waals surface area (Å²) in [6.45, 7) is 4.67. The molecule has 0 aliphatic heterocycles. The van der Waals surface area contributed by atoms with Crippen LogP contribution >= 0.6 is 11.8 Å². The van der Waals surface area contributed by atoms with Gasteiger partial charge in [-0.25, -0.2) is 0 Å². The van der Waals surface area contributed by atoms with Gasteiger partial charge in [-0.3, -0.25) is 4.79 Å². The summed E-state index contributed by atoms with van der Waals surface area (Å²) in [6, 6.07) is 8.67. The Kier molecular flexibility index (Phi) is 4.97. The molecule has 0 radical (unpaired) electrons. The van der Waals surface area contributed by atoms with Gasteiger partial charge in [0.25, 0.3) is 0 Å². The Bertz CT molecular complexity index is 473. The number of carbonyl (C=O) groups excluding carboxylic acids is 1. The first kappa shape index (κ1) is 15.2. The fraction of sp³-hybridized carbons (Fsp3) is 0.562. The number of carbonyl (C=O) groups is 1. The molecule has 1 unspecified atom stereocenters. The molecule has 3 N–H and O–H groups in total. The van der Waals surface area contributed by atoms with E-state index in [9.17, 15) is 4.79 Å². The number of primary amides is 1. The van der Waals surface area contributed by atoms with Crippen molar-refractivity contribution in [1.82, 2.24) is 0 Å².